The molecule has 0 spiro atoms. The van der Waals surface area contributed by atoms with Gasteiger partial charge in [0.25, 0.3) is 0 Å². The predicted molar refractivity (Wildman–Crippen MR) is 188 cm³/mol. The van der Waals surface area contributed by atoms with E-state index in [0.717, 1.165) is 33.9 Å². The zero-order valence-electron chi connectivity index (χ0n) is 28.6. The van der Waals surface area contributed by atoms with Crippen LogP contribution in [0.3, 0.4) is 0 Å². The summed E-state index contributed by atoms with van der Waals surface area (Å²) >= 11 is 0. The molecule has 4 aromatic carbocycles. The Balaban J connectivity index is 0.00000364. The van der Waals surface area contributed by atoms with E-state index in [2.05, 4.69) is 139 Å². The van der Waals surface area contributed by atoms with Crippen LogP contribution in [0.5, 0.6) is 11.5 Å². The topological polar surface area (TPSA) is 47.0 Å². The quantitative estimate of drug-likeness (QED) is 0.170. The van der Waals surface area contributed by atoms with Gasteiger partial charge in [-0.3, -0.25) is 4.99 Å². The van der Waals surface area contributed by atoms with Crippen LogP contribution in [0.1, 0.15) is 80.5 Å². The molecule has 2 aliphatic heterocycles. The molecule has 0 N–H and O–H groups in total. The van der Waals surface area contributed by atoms with Gasteiger partial charge in [-0.2, -0.15) is 5.56 Å². The molecule has 3 heterocycles. The summed E-state index contributed by atoms with van der Waals surface area (Å²) in [5.41, 5.74) is 8.23. The van der Waals surface area contributed by atoms with Gasteiger partial charge < -0.3 is 14.4 Å². The number of aliphatic imine (C=N–C) groups is 1. The van der Waals surface area contributed by atoms with E-state index in [9.17, 15) is 0 Å². The van der Waals surface area contributed by atoms with E-state index in [-0.39, 0.29) is 31.9 Å². The molecular weight excluding hydrogens is 774 g/mol. The number of anilines is 3. The summed E-state index contributed by atoms with van der Waals surface area (Å²) in [7, 11) is 0. The van der Waals surface area contributed by atoms with Crippen LogP contribution in [-0.2, 0) is 42.2 Å². The first kappa shape index (κ1) is 32.3. The molecule has 5 nitrogen and oxygen atoms in total. The molecule has 1 aromatic heterocycles. The van der Waals surface area contributed by atoms with Gasteiger partial charge in [0.2, 0.25) is 0 Å². The summed E-state index contributed by atoms with van der Waals surface area (Å²) in [5.74, 6) is 2.69. The van der Waals surface area contributed by atoms with Crippen molar-refractivity contribution in [2.45, 2.75) is 77.4 Å². The molecule has 0 saturated carbocycles. The largest absolute Gasteiger partial charge is 2.00 e. The van der Waals surface area contributed by atoms with Crippen molar-refractivity contribution in [1.29, 1.82) is 0 Å². The number of para-hydroxylation sites is 1. The number of aryl methyl sites for hydroxylation is 2. The molecule has 0 unspecified atom stereocenters. The van der Waals surface area contributed by atoms with Crippen molar-refractivity contribution in [2.75, 3.05) is 4.90 Å². The number of hydrogen-bond donors (Lipinski definition) is 0. The summed E-state index contributed by atoms with van der Waals surface area (Å²) in [6.07, 6.45) is 1.86. The van der Waals surface area contributed by atoms with Crippen LogP contribution in [-0.4, -0.2) is 16.4 Å². The maximum atomic E-state index is 6.83. The van der Waals surface area contributed by atoms with Gasteiger partial charge in [-0.15, -0.1) is 29.8 Å². The first-order valence-electron chi connectivity index (χ1n) is 16.3. The number of fused-ring (bicyclic) bond motifs is 5. The third-order valence-corrected chi connectivity index (χ3v) is 11.0. The Hall–Kier alpha value is -4.21. The molecule has 6 heteroatoms. The number of ether oxygens (including phenoxy) is 2. The molecule has 1 aliphatic carbocycles. The average Bonchev–Trinajstić information content (AvgIpc) is 3.39. The van der Waals surface area contributed by atoms with E-state index < -0.39 is 11.1 Å². The molecule has 2 atom stereocenters. The van der Waals surface area contributed by atoms with Crippen molar-refractivity contribution in [3.8, 4) is 11.5 Å². The monoisotopic (exact) mass is 812 g/mol. The standard InChI is InChI=1S/C42H39N3O2.Pt/c1-26-20-28(38-44-42(8)40(5,6)32-14-9-10-15-33(32)41(42,7)47-38)24-30(22-26)46-31-23-27(2)21-29(25-31)45-36-18-12-11-16-34(36)39(3,4)35-17-13-19-43-37(35)45;/h9-23H,1-8H3;/q-2;+2/t41-,42+;/m0./s1. The Kier molecular flexibility index (Phi) is 7.35. The van der Waals surface area contributed by atoms with Gasteiger partial charge in [0.1, 0.15) is 22.9 Å². The molecule has 244 valence electrons. The van der Waals surface area contributed by atoms with E-state index in [1.54, 1.807) is 0 Å². The van der Waals surface area contributed by atoms with Crippen molar-refractivity contribution in [2.24, 2.45) is 4.99 Å². The van der Waals surface area contributed by atoms with Crippen LogP contribution >= 0.6 is 0 Å². The number of pyridine rings is 1. The van der Waals surface area contributed by atoms with Crippen molar-refractivity contribution >= 4 is 23.1 Å². The third-order valence-electron chi connectivity index (χ3n) is 11.0. The zero-order chi connectivity index (χ0) is 32.9. The summed E-state index contributed by atoms with van der Waals surface area (Å²) in [4.78, 5) is 12.4. The van der Waals surface area contributed by atoms with Crippen LogP contribution < -0.4 is 9.64 Å². The van der Waals surface area contributed by atoms with E-state index in [1.165, 1.54) is 22.3 Å². The second kappa shape index (κ2) is 10.9. The summed E-state index contributed by atoms with van der Waals surface area (Å²) in [6.45, 7) is 17.6. The van der Waals surface area contributed by atoms with E-state index in [4.69, 9.17) is 19.5 Å². The normalized spacial score (nSPS) is 22.3. The summed E-state index contributed by atoms with van der Waals surface area (Å²) in [6, 6.07) is 36.6. The second-order valence-electron chi connectivity index (χ2n) is 14.6. The molecule has 0 amide bonds. The predicted octanol–water partition coefficient (Wildman–Crippen LogP) is 9.94. The van der Waals surface area contributed by atoms with Gasteiger partial charge in [0.15, 0.2) is 0 Å². The fraction of sp³-hybridized carbons (Fsp3) is 0.286. The van der Waals surface area contributed by atoms with Crippen LogP contribution in [0.4, 0.5) is 17.2 Å². The van der Waals surface area contributed by atoms with Gasteiger partial charge in [-0.25, -0.2) is 4.98 Å². The first-order valence-corrected chi connectivity index (χ1v) is 16.3. The Morgan fingerprint density at radius 2 is 1.33 bits per heavy atom. The van der Waals surface area contributed by atoms with Crippen LogP contribution in [0, 0.1) is 26.0 Å². The fourth-order valence-corrected chi connectivity index (χ4v) is 8.07. The molecule has 48 heavy (non-hydrogen) atoms. The van der Waals surface area contributed by atoms with Crippen molar-refractivity contribution < 1.29 is 30.5 Å². The van der Waals surface area contributed by atoms with E-state index in [1.807, 2.05) is 24.4 Å². The number of aromatic nitrogens is 1. The Labute approximate surface area is 298 Å². The van der Waals surface area contributed by atoms with Gasteiger partial charge in [0.05, 0.1) is 0 Å². The van der Waals surface area contributed by atoms with Gasteiger partial charge >= 0.3 is 21.1 Å². The second-order valence-corrected chi connectivity index (χ2v) is 14.6. The molecule has 0 radical (unpaired) electrons. The third kappa shape index (κ3) is 4.46. The average molecular weight is 813 g/mol. The van der Waals surface area contributed by atoms with Crippen LogP contribution in [0.2, 0.25) is 0 Å². The van der Waals surface area contributed by atoms with Crippen LogP contribution in [0.25, 0.3) is 0 Å². The molecule has 0 fully saturated rings. The summed E-state index contributed by atoms with van der Waals surface area (Å²) < 4.78 is 13.4. The summed E-state index contributed by atoms with van der Waals surface area (Å²) in [5, 5.41) is 0. The maximum absolute atomic E-state index is 6.83. The Morgan fingerprint density at radius 3 is 2.08 bits per heavy atom. The number of hydrogen-bond acceptors (Lipinski definition) is 5. The molecular formula is C42H39N3O2Pt. The van der Waals surface area contributed by atoms with Gasteiger partial charge in [-0.1, -0.05) is 113 Å². The molecule has 0 bridgehead atoms. The van der Waals surface area contributed by atoms with Crippen molar-refractivity contribution in [3.05, 3.63) is 142 Å². The fourth-order valence-electron chi connectivity index (χ4n) is 8.07. The van der Waals surface area contributed by atoms with Gasteiger partial charge in [-0.05, 0) is 37.1 Å². The molecule has 8 rings (SSSR count). The van der Waals surface area contributed by atoms with Crippen molar-refractivity contribution in [3.63, 3.8) is 0 Å². The number of benzene rings is 4. The van der Waals surface area contributed by atoms with Gasteiger partial charge in [0, 0.05) is 45.3 Å². The number of nitrogens with zero attached hydrogens (tertiary/aromatic N) is 3. The minimum atomic E-state index is -0.593. The molecule has 3 aliphatic rings. The maximum Gasteiger partial charge on any atom is 2.00 e. The minimum absolute atomic E-state index is 0. The molecule has 0 saturated heterocycles. The first-order chi connectivity index (χ1) is 22.3. The van der Waals surface area contributed by atoms with Crippen molar-refractivity contribution in [1.82, 2.24) is 4.98 Å². The Bertz CT molecular complexity index is 2090. The van der Waals surface area contributed by atoms with E-state index >= 15 is 0 Å². The smallest absolute Gasteiger partial charge is 0.508 e. The SMILES string of the molecule is Cc1cc(Oc2[c-]c(N3c4ccccc4C(C)(C)c4cccnc43)cc(C)c2)[c-]c(C2=N[C@]3(C)C(C)(C)c4ccccc4[C@]3(C)O2)c1.[Pt+2]. The van der Waals surface area contributed by atoms with E-state index in [0.29, 0.717) is 17.4 Å². The molecule has 5 aromatic rings. The minimum Gasteiger partial charge on any atom is -0.508 e. The Morgan fingerprint density at radius 1 is 0.708 bits per heavy atom. The van der Waals surface area contributed by atoms with Crippen LogP contribution in [0.15, 0.2) is 96.1 Å². The zero-order valence-corrected chi connectivity index (χ0v) is 30.9. The number of rotatable bonds is 4.